The van der Waals surface area contributed by atoms with Crippen molar-refractivity contribution < 1.29 is 19.4 Å². The molecule has 9 heteroatoms. The molecule has 9 nitrogen and oxygen atoms in total. The lowest BCUT2D eigenvalue weighted by Gasteiger charge is -2.22. The topological polar surface area (TPSA) is 108 Å². The van der Waals surface area contributed by atoms with Gasteiger partial charge in [-0.05, 0) is 43.4 Å². The van der Waals surface area contributed by atoms with Crippen LogP contribution >= 0.6 is 0 Å². The normalized spacial score (nSPS) is 17.9. The highest BCUT2D eigenvalue weighted by Crippen LogP contribution is 2.27. The summed E-state index contributed by atoms with van der Waals surface area (Å²) in [6.07, 6.45) is 4.62. The van der Waals surface area contributed by atoms with E-state index in [0.717, 1.165) is 55.7 Å². The fourth-order valence-electron chi connectivity index (χ4n) is 4.74. The Morgan fingerprint density at radius 3 is 2.85 bits per heavy atom. The molecule has 2 aromatic rings. The summed E-state index contributed by atoms with van der Waals surface area (Å²) in [5, 5.41) is 13.2. The zero-order chi connectivity index (χ0) is 22.8. The van der Waals surface area contributed by atoms with E-state index >= 15 is 0 Å². The minimum atomic E-state index is -0.987. The summed E-state index contributed by atoms with van der Waals surface area (Å²) in [4.78, 5) is 37.4. The van der Waals surface area contributed by atoms with E-state index in [1.807, 2.05) is 6.07 Å². The summed E-state index contributed by atoms with van der Waals surface area (Å²) in [5.41, 5.74) is 3.73. The number of rotatable bonds is 8. The highest BCUT2D eigenvalue weighted by Gasteiger charge is 2.33. The highest BCUT2D eigenvalue weighted by molar-refractivity contribution is 5.80. The van der Waals surface area contributed by atoms with E-state index in [4.69, 9.17) is 9.72 Å². The number of amides is 2. The zero-order valence-corrected chi connectivity index (χ0v) is 18.6. The average Bonchev–Trinajstić information content (AvgIpc) is 3.43. The molecule has 1 atom stereocenters. The molecular formula is C24H29N5O4. The van der Waals surface area contributed by atoms with Crippen LogP contribution in [0.25, 0.3) is 0 Å². The monoisotopic (exact) mass is 451 g/mol. The third-order valence-electron chi connectivity index (χ3n) is 6.62. The van der Waals surface area contributed by atoms with Crippen molar-refractivity contribution in [1.82, 2.24) is 19.8 Å². The van der Waals surface area contributed by atoms with E-state index in [1.54, 1.807) is 15.9 Å². The minimum Gasteiger partial charge on any atom is -0.481 e. The van der Waals surface area contributed by atoms with Crippen molar-refractivity contribution in [2.45, 2.75) is 38.0 Å². The second-order valence-electron chi connectivity index (χ2n) is 8.85. The molecular weight excluding hydrogens is 422 g/mol. The molecule has 5 heterocycles. The van der Waals surface area contributed by atoms with Gasteiger partial charge in [-0.25, -0.2) is 14.8 Å². The third kappa shape index (κ3) is 4.58. The number of carboxylic acid groups (broad SMARTS) is 1. The lowest BCUT2D eigenvalue weighted by Crippen LogP contribution is -2.37. The first-order valence-electron chi connectivity index (χ1n) is 11.7. The Morgan fingerprint density at radius 2 is 1.97 bits per heavy atom. The molecule has 3 aliphatic heterocycles. The van der Waals surface area contributed by atoms with Crippen LogP contribution in [0.15, 0.2) is 24.3 Å². The number of aliphatic carboxylic acids is 1. The van der Waals surface area contributed by atoms with E-state index < -0.39 is 11.9 Å². The summed E-state index contributed by atoms with van der Waals surface area (Å²) < 4.78 is 5.49. The van der Waals surface area contributed by atoms with Crippen molar-refractivity contribution in [2.24, 2.45) is 0 Å². The van der Waals surface area contributed by atoms with Crippen LogP contribution in [0.1, 0.15) is 41.3 Å². The number of ether oxygens (including phenoxy) is 1. The van der Waals surface area contributed by atoms with E-state index in [9.17, 15) is 14.7 Å². The Labute approximate surface area is 192 Å². The molecule has 3 aliphatic rings. The third-order valence-corrected chi connectivity index (χ3v) is 6.62. The number of urea groups is 1. The van der Waals surface area contributed by atoms with Gasteiger partial charge in [-0.15, -0.1) is 0 Å². The fourth-order valence-corrected chi connectivity index (χ4v) is 4.74. The molecule has 0 unspecified atom stereocenters. The molecule has 174 valence electrons. The van der Waals surface area contributed by atoms with Gasteiger partial charge in [-0.2, -0.15) is 0 Å². The Balaban J connectivity index is 1.16. The molecule has 1 saturated heterocycles. The molecule has 5 rings (SSSR count). The molecule has 0 bridgehead atoms. The van der Waals surface area contributed by atoms with E-state index in [1.165, 1.54) is 5.56 Å². The fraction of sp³-hybridized carbons (Fsp3) is 0.500. The number of aromatic nitrogens is 2. The summed E-state index contributed by atoms with van der Waals surface area (Å²) in [6, 6.07) is 7.73. The molecule has 0 aromatic carbocycles. The average molecular weight is 452 g/mol. The molecule has 2 amide bonds. The van der Waals surface area contributed by atoms with E-state index in [2.05, 4.69) is 22.4 Å². The molecule has 1 fully saturated rings. The lowest BCUT2D eigenvalue weighted by molar-refractivity contribution is -0.139. The van der Waals surface area contributed by atoms with Crippen LogP contribution in [0.2, 0.25) is 0 Å². The molecule has 0 aliphatic carbocycles. The maximum Gasteiger partial charge on any atom is 0.320 e. The lowest BCUT2D eigenvalue weighted by atomic mass is 10.0. The van der Waals surface area contributed by atoms with Gasteiger partial charge in [0.1, 0.15) is 11.7 Å². The van der Waals surface area contributed by atoms with Gasteiger partial charge >= 0.3 is 12.0 Å². The Hall–Kier alpha value is -3.36. The van der Waals surface area contributed by atoms with Gasteiger partial charge in [0, 0.05) is 50.4 Å². The number of nitrogens with one attached hydrogen (secondary N) is 1. The Morgan fingerprint density at radius 1 is 1.12 bits per heavy atom. The van der Waals surface area contributed by atoms with E-state index in [0.29, 0.717) is 37.8 Å². The van der Waals surface area contributed by atoms with E-state index in [-0.39, 0.29) is 12.6 Å². The second-order valence-corrected chi connectivity index (χ2v) is 8.85. The first-order valence-corrected chi connectivity index (χ1v) is 11.7. The molecule has 0 spiro atoms. The number of carbonyl (C=O) groups excluding carboxylic acids is 1. The standard InChI is InChI=1S/C24H29N5O4/c30-23(31)19(20-8-6-17-9-14-33-22(17)27-20)15-29-13-12-28(24(29)32)11-2-4-18-7-5-16-3-1-10-25-21(16)26-18/h5-8,19H,1-4,9-15H2,(H,25,26)(H,30,31)/t19-/m0/s1. The quantitative estimate of drug-likeness (QED) is 0.634. The van der Waals surface area contributed by atoms with Crippen LogP contribution in [-0.4, -0.2) is 76.2 Å². The summed E-state index contributed by atoms with van der Waals surface area (Å²) in [7, 11) is 0. The van der Waals surface area contributed by atoms with Gasteiger partial charge in [-0.3, -0.25) is 4.79 Å². The summed E-state index contributed by atoms with van der Waals surface area (Å²) in [6.45, 7) is 3.39. The minimum absolute atomic E-state index is 0.106. The SMILES string of the molecule is O=C(O)[C@@H](CN1CCN(CCCc2ccc3c(n2)NCCC3)C1=O)c1ccc2c(n1)OCC2. The van der Waals surface area contributed by atoms with Gasteiger partial charge in [0.2, 0.25) is 5.88 Å². The number of nitrogens with zero attached hydrogens (tertiary/aromatic N) is 4. The largest absolute Gasteiger partial charge is 0.481 e. The van der Waals surface area contributed by atoms with Crippen molar-refractivity contribution in [3.8, 4) is 5.88 Å². The number of hydrogen-bond acceptors (Lipinski definition) is 6. The Bertz CT molecular complexity index is 1060. The van der Waals surface area contributed by atoms with Gasteiger partial charge in [0.25, 0.3) is 0 Å². The summed E-state index contributed by atoms with van der Waals surface area (Å²) in [5.74, 6) is -0.360. The van der Waals surface area contributed by atoms with Crippen molar-refractivity contribution in [1.29, 1.82) is 0 Å². The van der Waals surface area contributed by atoms with Crippen LogP contribution in [0.5, 0.6) is 5.88 Å². The van der Waals surface area contributed by atoms with Gasteiger partial charge in [0.15, 0.2) is 0 Å². The van der Waals surface area contributed by atoms with Crippen molar-refractivity contribution in [3.05, 3.63) is 46.8 Å². The van der Waals surface area contributed by atoms with Crippen LogP contribution in [0, 0.1) is 0 Å². The number of hydrogen-bond donors (Lipinski definition) is 2. The molecule has 0 radical (unpaired) electrons. The van der Waals surface area contributed by atoms with Crippen LogP contribution in [0.3, 0.4) is 0 Å². The van der Waals surface area contributed by atoms with Crippen LogP contribution in [0.4, 0.5) is 10.6 Å². The van der Waals surface area contributed by atoms with Crippen molar-refractivity contribution in [2.75, 3.05) is 44.6 Å². The predicted molar refractivity (Wildman–Crippen MR) is 122 cm³/mol. The van der Waals surface area contributed by atoms with Crippen LogP contribution in [-0.2, 0) is 24.1 Å². The molecule has 33 heavy (non-hydrogen) atoms. The molecule has 2 aromatic heterocycles. The number of pyridine rings is 2. The maximum absolute atomic E-state index is 12.9. The molecule has 0 saturated carbocycles. The number of carbonyl (C=O) groups is 2. The first-order chi connectivity index (χ1) is 16.1. The summed E-state index contributed by atoms with van der Waals surface area (Å²) >= 11 is 0. The second kappa shape index (κ2) is 9.25. The van der Waals surface area contributed by atoms with Crippen LogP contribution < -0.4 is 10.1 Å². The number of fused-ring (bicyclic) bond motifs is 2. The zero-order valence-electron chi connectivity index (χ0n) is 18.6. The smallest absolute Gasteiger partial charge is 0.320 e. The Kier molecular flexibility index (Phi) is 6.02. The number of anilines is 1. The van der Waals surface area contributed by atoms with Crippen molar-refractivity contribution >= 4 is 17.8 Å². The van der Waals surface area contributed by atoms with Gasteiger partial charge in [-0.1, -0.05) is 12.1 Å². The molecule has 2 N–H and O–H groups in total. The maximum atomic E-state index is 12.9. The van der Waals surface area contributed by atoms with Crippen molar-refractivity contribution in [3.63, 3.8) is 0 Å². The predicted octanol–water partition coefficient (Wildman–Crippen LogP) is 2.31. The van der Waals surface area contributed by atoms with Gasteiger partial charge in [0.05, 0.1) is 12.3 Å². The number of carboxylic acids is 1. The number of aryl methyl sites for hydroxylation is 2. The first kappa shape index (κ1) is 21.5. The van der Waals surface area contributed by atoms with Gasteiger partial charge < -0.3 is 25.0 Å². The highest BCUT2D eigenvalue weighted by atomic mass is 16.5.